The second kappa shape index (κ2) is 7.75. The molecular formula is C20H19F2N5O. The third-order valence-electron chi connectivity index (χ3n) is 4.81. The van der Waals surface area contributed by atoms with Crippen molar-refractivity contribution in [3.8, 4) is 5.69 Å². The largest absolute Gasteiger partial charge is 0.380 e. The molecule has 1 aliphatic rings. The maximum absolute atomic E-state index is 13.4. The molecule has 4 rings (SSSR count). The molecule has 28 heavy (non-hydrogen) atoms. The zero-order chi connectivity index (χ0) is 19.5. The van der Waals surface area contributed by atoms with E-state index in [-0.39, 0.29) is 11.9 Å². The summed E-state index contributed by atoms with van der Waals surface area (Å²) in [5, 5.41) is 10.8. The van der Waals surface area contributed by atoms with E-state index in [1.807, 2.05) is 12.1 Å². The van der Waals surface area contributed by atoms with E-state index in [9.17, 15) is 13.6 Å². The SMILES string of the molecule is O=C(c1cccc(-n2cnnc2)c1)N1CCC[C@H](Nc2ccc(F)c(F)c2)C1. The quantitative estimate of drug-likeness (QED) is 0.751. The molecule has 0 saturated carbocycles. The first-order valence-corrected chi connectivity index (χ1v) is 9.06. The van der Waals surface area contributed by atoms with Gasteiger partial charge >= 0.3 is 0 Å². The number of hydrogen-bond donors (Lipinski definition) is 1. The third-order valence-corrected chi connectivity index (χ3v) is 4.81. The summed E-state index contributed by atoms with van der Waals surface area (Å²) in [6.07, 6.45) is 4.83. The molecule has 1 saturated heterocycles. The Bertz CT molecular complexity index is 976. The average molecular weight is 383 g/mol. The number of nitrogens with zero attached hydrogens (tertiary/aromatic N) is 4. The Hall–Kier alpha value is -3.29. The van der Waals surface area contributed by atoms with Gasteiger partial charge in [0.15, 0.2) is 11.6 Å². The number of carbonyl (C=O) groups is 1. The van der Waals surface area contributed by atoms with E-state index in [1.165, 1.54) is 6.07 Å². The van der Waals surface area contributed by atoms with Crippen LogP contribution in [0.15, 0.2) is 55.1 Å². The Labute approximate surface area is 160 Å². The van der Waals surface area contributed by atoms with E-state index >= 15 is 0 Å². The summed E-state index contributed by atoms with van der Waals surface area (Å²) in [7, 11) is 0. The van der Waals surface area contributed by atoms with Crippen LogP contribution in [0.3, 0.4) is 0 Å². The molecule has 1 amide bonds. The number of nitrogens with one attached hydrogen (secondary N) is 1. The Morgan fingerprint density at radius 2 is 1.89 bits per heavy atom. The maximum Gasteiger partial charge on any atom is 0.253 e. The number of anilines is 1. The first kappa shape index (κ1) is 18.1. The summed E-state index contributed by atoms with van der Waals surface area (Å²) in [6.45, 7) is 1.15. The fourth-order valence-electron chi connectivity index (χ4n) is 3.42. The fraction of sp³-hybridized carbons (Fsp3) is 0.250. The Morgan fingerprint density at radius 1 is 1.07 bits per heavy atom. The van der Waals surface area contributed by atoms with Gasteiger partial charge in [-0.05, 0) is 43.2 Å². The van der Waals surface area contributed by atoms with Crippen molar-refractivity contribution in [2.24, 2.45) is 0 Å². The van der Waals surface area contributed by atoms with Crippen molar-refractivity contribution in [1.82, 2.24) is 19.7 Å². The van der Waals surface area contributed by atoms with E-state index in [0.29, 0.717) is 24.3 Å². The van der Waals surface area contributed by atoms with E-state index in [0.717, 1.165) is 30.7 Å². The second-order valence-electron chi connectivity index (χ2n) is 6.78. The summed E-state index contributed by atoms with van der Waals surface area (Å²) in [5.41, 5.74) is 1.90. The molecule has 1 fully saturated rings. The Kier molecular flexibility index (Phi) is 5.01. The summed E-state index contributed by atoms with van der Waals surface area (Å²) in [4.78, 5) is 14.8. The number of benzene rings is 2. The molecule has 1 aromatic heterocycles. The van der Waals surface area contributed by atoms with Crippen LogP contribution in [0, 0.1) is 11.6 Å². The smallest absolute Gasteiger partial charge is 0.253 e. The van der Waals surface area contributed by atoms with Gasteiger partial charge in [0.2, 0.25) is 0 Å². The number of rotatable bonds is 4. The van der Waals surface area contributed by atoms with Crippen molar-refractivity contribution in [3.05, 3.63) is 72.3 Å². The van der Waals surface area contributed by atoms with Gasteiger partial charge in [-0.2, -0.15) is 0 Å². The van der Waals surface area contributed by atoms with Crippen molar-refractivity contribution in [3.63, 3.8) is 0 Å². The third kappa shape index (κ3) is 3.85. The highest BCUT2D eigenvalue weighted by atomic mass is 19.2. The predicted molar refractivity (Wildman–Crippen MR) is 100 cm³/mol. The number of hydrogen-bond acceptors (Lipinski definition) is 4. The molecule has 3 aromatic rings. The molecule has 6 nitrogen and oxygen atoms in total. The molecule has 2 aromatic carbocycles. The van der Waals surface area contributed by atoms with E-state index < -0.39 is 11.6 Å². The van der Waals surface area contributed by atoms with Crippen LogP contribution in [0.25, 0.3) is 5.69 Å². The lowest BCUT2D eigenvalue weighted by Crippen LogP contribution is -2.45. The maximum atomic E-state index is 13.4. The molecule has 0 bridgehead atoms. The van der Waals surface area contributed by atoms with Crippen molar-refractivity contribution in [1.29, 1.82) is 0 Å². The number of aromatic nitrogens is 3. The van der Waals surface area contributed by atoms with Gasteiger partial charge in [0.05, 0.1) is 0 Å². The first-order valence-electron chi connectivity index (χ1n) is 9.06. The molecule has 1 atom stereocenters. The topological polar surface area (TPSA) is 63.1 Å². The van der Waals surface area contributed by atoms with Crippen molar-refractivity contribution in [2.45, 2.75) is 18.9 Å². The first-order chi connectivity index (χ1) is 13.6. The van der Waals surface area contributed by atoms with E-state index in [4.69, 9.17) is 0 Å². The molecule has 144 valence electrons. The van der Waals surface area contributed by atoms with Gasteiger partial charge < -0.3 is 10.2 Å². The Morgan fingerprint density at radius 3 is 2.68 bits per heavy atom. The monoisotopic (exact) mass is 383 g/mol. The molecular weight excluding hydrogens is 364 g/mol. The number of amides is 1. The van der Waals surface area contributed by atoms with Crippen LogP contribution >= 0.6 is 0 Å². The number of halogens is 2. The van der Waals surface area contributed by atoms with Gasteiger partial charge in [0.1, 0.15) is 12.7 Å². The number of carbonyl (C=O) groups excluding carboxylic acids is 1. The van der Waals surface area contributed by atoms with Gasteiger partial charge in [-0.3, -0.25) is 9.36 Å². The fourth-order valence-corrected chi connectivity index (χ4v) is 3.42. The Balaban J connectivity index is 1.46. The molecule has 0 spiro atoms. The lowest BCUT2D eigenvalue weighted by atomic mass is 10.0. The van der Waals surface area contributed by atoms with E-state index in [2.05, 4.69) is 15.5 Å². The average Bonchev–Trinajstić information content (AvgIpc) is 3.25. The van der Waals surface area contributed by atoms with Gasteiger partial charge in [0.25, 0.3) is 5.91 Å². The zero-order valence-corrected chi connectivity index (χ0v) is 15.1. The molecule has 0 aliphatic carbocycles. The minimum absolute atomic E-state index is 0.0245. The van der Waals surface area contributed by atoms with Gasteiger partial charge in [-0.1, -0.05) is 6.07 Å². The van der Waals surface area contributed by atoms with Crippen LogP contribution in [-0.4, -0.2) is 44.7 Å². The molecule has 1 N–H and O–H groups in total. The standard InChI is InChI=1S/C20H19F2N5O/c21-18-7-6-15(10-19(18)22)25-16-4-2-8-26(11-16)20(28)14-3-1-5-17(9-14)27-12-23-24-13-27/h1,3,5-7,9-10,12-13,16,25H,2,4,8,11H2/t16-/m0/s1. The van der Waals surface area contributed by atoms with E-state index in [1.54, 1.807) is 34.3 Å². The number of piperidine rings is 1. The molecule has 0 unspecified atom stereocenters. The highest BCUT2D eigenvalue weighted by Gasteiger charge is 2.25. The lowest BCUT2D eigenvalue weighted by molar-refractivity contribution is 0.0715. The summed E-state index contributed by atoms with van der Waals surface area (Å²) in [5.74, 6) is -1.83. The van der Waals surface area contributed by atoms with Crippen LogP contribution in [0.5, 0.6) is 0 Å². The van der Waals surface area contributed by atoms with Crippen molar-refractivity contribution >= 4 is 11.6 Å². The minimum Gasteiger partial charge on any atom is -0.380 e. The van der Waals surface area contributed by atoms with Crippen LogP contribution in [-0.2, 0) is 0 Å². The summed E-state index contributed by atoms with van der Waals surface area (Å²) in [6, 6.07) is 11.0. The van der Waals surface area contributed by atoms with Gasteiger partial charge in [-0.15, -0.1) is 10.2 Å². The molecule has 8 heteroatoms. The van der Waals surface area contributed by atoms with Gasteiger partial charge in [-0.25, -0.2) is 8.78 Å². The predicted octanol–water partition coefficient (Wildman–Crippen LogP) is 3.26. The summed E-state index contributed by atoms with van der Waals surface area (Å²) < 4.78 is 28.3. The van der Waals surface area contributed by atoms with Crippen LogP contribution < -0.4 is 5.32 Å². The van der Waals surface area contributed by atoms with Crippen LogP contribution in [0.4, 0.5) is 14.5 Å². The highest BCUT2D eigenvalue weighted by Crippen LogP contribution is 2.20. The normalized spacial score (nSPS) is 16.8. The van der Waals surface area contributed by atoms with Crippen LogP contribution in [0.2, 0.25) is 0 Å². The molecule has 2 heterocycles. The lowest BCUT2D eigenvalue weighted by Gasteiger charge is -2.34. The van der Waals surface area contributed by atoms with Crippen molar-refractivity contribution < 1.29 is 13.6 Å². The van der Waals surface area contributed by atoms with Gasteiger partial charge in [0, 0.05) is 42.1 Å². The van der Waals surface area contributed by atoms with Crippen LogP contribution in [0.1, 0.15) is 23.2 Å². The molecule has 1 aliphatic heterocycles. The zero-order valence-electron chi connectivity index (χ0n) is 15.1. The minimum atomic E-state index is -0.889. The molecule has 0 radical (unpaired) electrons. The summed E-state index contributed by atoms with van der Waals surface area (Å²) >= 11 is 0. The van der Waals surface area contributed by atoms with Crippen molar-refractivity contribution in [2.75, 3.05) is 18.4 Å². The second-order valence-corrected chi connectivity index (χ2v) is 6.78. The number of likely N-dealkylation sites (tertiary alicyclic amines) is 1. The highest BCUT2D eigenvalue weighted by molar-refractivity contribution is 5.94.